The van der Waals surface area contributed by atoms with Crippen molar-refractivity contribution in [3.63, 3.8) is 0 Å². The minimum absolute atomic E-state index is 0.191. The predicted octanol–water partition coefficient (Wildman–Crippen LogP) is 3.32. The quantitative estimate of drug-likeness (QED) is 0.927. The Balaban J connectivity index is 1.67. The smallest absolute Gasteiger partial charge is 0.317 e. The van der Waals surface area contributed by atoms with Crippen molar-refractivity contribution in [1.29, 1.82) is 0 Å². The first kappa shape index (κ1) is 14.9. The van der Waals surface area contributed by atoms with Crippen LogP contribution in [-0.4, -0.2) is 35.6 Å². The minimum atomic E-state index is -0.708. The average Bonchev–Trinajstić information content (AvgIpc) is 2.81. The monoisotopic (exact) mass is 307 g/mol. The second-order valence-corrected chi connectivity index (χ2v) is 6.97. The van der Waals surface area contributed by atoms with Gasteiger partial charge >= 0.3 is 5.97 Å². The lowest BCUT2D eigenvalue weighted by Gasteiger charge is -2.33. The van der Waals surface area contributed by atoms with Gasteiger partial charge in [-0.2, -0.15) is 0 Å². The minimum Gasteiger partial charge on any atom is -0.480 e. The van der Waals surface area contributed by atoms with E-state index in [-0.39, 0.29) is 6.54 Å². The molecule has 1 aromatic carbocycles. The van der Waals surface area contributed by atoms with E-state index in [1.165, 1.54) is 24.8 Å². The van der Waals surface area contributed by atoms with Gasteiger partial charge in [0.2, 0.25) is 0 Å². The van der Waals surface area contributed by atoms with Crippen LogP contribution in [0.2, 0.25) is 5.02 Å². The van der Waals surface area contributed by atoms with Gasteiger partial charge in [0.25, 0.3) is 0 Å². The van der Waals surface area contributed by atoms with E-state index < -0.39 is 5.97 Å². The molecule has 1 aliphatic carbocycles. The SMILES string of the molecule is O=C(O)CN1C[C@H]2CCC[C@H](Cc3cccc(Cl)c3)[C@H]2C1. The van der Waals surface area contributed by atoms with Crippen LogP contribution in [0.15, 0.2) is 24.3 Å². The molecular weight excluding hydrogens is 286 g/mol. The third-order valence-electron chi connectivity index (χ3n) is 5.07. The van der Waals surface area contributed by atoms with Crippen molar-refractivity contribution in [3.05, 3.63) is 34.9 Å². The van der Waals surface area contributed by atoms with E-state index in [1.54, 1.807) is 0 Å². The first-order valence-electron chi connectivity index (χ1n) is 7.80. The summed E-state index contributed by atoms with van der Waals surface area (Å²) < 4.78 is 0. The van der Waals surface area contributed by atoms with Crippen molar-refractivity contribution >= 4 is 17.6 Å². The number of rotatable bonds is 4. The van der Waals surface area contributed by atoms with Crippen LogP contribution in [0.3, 0.4) is 0 Å². The molecule has 1 aromatic rings. The lowest BCUT2D eigenvalue weighted by molar-refractivity contribution is -0.138. The summed E-state index contributed by atoms with van der Waals surface area (Å²) in [6, 6.07) is 8.15. The molecule has 0 radical (unpaired) electrons. The Kier molecular flexibility index (Phi) is 4.51. The van der Waals surface area contributed by atoms with Gasteiger partial charge in [-0.15, -0.1) is 0 Å². The number of aliphatic carboxylic acids is 1. The molecule has 0 unspecified atom stereocenters. The third-order valence-corrected chi connectivity index (χ3v) is 5.30. The number of halogens is 1. The normalized spacial score (nSPS) is 29.3. The molecule has 0 bridgehead atoms. The zero-order valence-corrected chi connectivity index (χ0v) is 12.9. The number of likely N-dealkylation sites (tertiary alicyclic amines) is 1. The van der Waals surface area contributed by atoms with Gasteiger partial charge < -0.3 is 5.11 Å². The second-order valence-electron chi connectivity index (χ2n) is 6.54. The molecule has 3 atom stereocenters. The van der Waals surface area contributed by atoms with Crippen LogP contribution in [-0.2, 0) is 11.2 Å². The van der Waals surface area contributed by atoms with Gasteiger partial charge in [-0.1, -0.05) is 30.2 Å². The fourth-order valence-corrected chi connectivity index (χ4v) is 4.44. The zero-order valence-electron chi connectivity index (χ0n) is 12.2. The molecule has 3 rings (SSSR count). The maximum atomic E-state index is 10.9. The summed E-state index contributed by atoms with van der Waals surface area (Å²) in [7, 11) is 0. The molecule has 0 aromatic heterocycles. The molecular formula is C17H22ClNO2. The Bertz CT molecular complexity index is 519. The number of hydrogen-bond donors (Lipinski definition) is 1. The van der Waals surface area contributed by atoms with Crippen LogP contribution in [0.5, 0.6) is 0 Å². The van der Waals surface area contributed by atoms with Crippen molar-refractivity contribution in [3.8, 4) is 0 Å². The largest absolute Gasteiger partial charge is 0.480 e. The number of fused-ring (bicyclic) bond motifs is 1. The highest BCUT2D eigenvalue weighted by Crippen LogP contribution is 2.41. The van der Waals surface area contributed by atoms with E-state index in [9.17, 15) is 4.79 Å². The second kappa shape index (κ2) is 6.37. The Morgan fingerprint density at radius 2 is 2.19 bits per heavy atom. The molecule has 0 spiro atoms. The Labute approximate surface area is 130 Å². The number of nitrogens with zero attached hydrogens (tertiary/aromatic N) is 1. The molecule has 4 heteroatoms. The van der Waals surface area contributed by atoms with E-state index in [0.717, 1.165) is 24.5 Å². The fraction of sp³-hybridized carbons (Fsp3) is 0.588. The van der Waals surface area contributed by atoms with Gasteiger partial charge in [-0.3, -0.25) is 9.69 Å². The topological polar surface area (TPSA) is 40.5 Å². The van der Waals surface area contributed by atoms with E-state index in [1.807, 2.05) is 12.1 Å². The molecule has 2 fully saturated rings. The van der Waals surface area contributed by atoms with E-state index in [2.05, 4.69) is 17.0 Å². The summed E-state index contributed by atoms with van der Waals surface area (Å²) in [6.45, 7) is 2.10. The maximum absolute atomic E-state index is 10.9. The van der Waals surface area contributed by atoms with Gasteiger partial charge in [0.05, 0.1) is 6.54 Å². The molecule has 3 nitrogen and oxygen atoms in total. The highest BCUT2D eigenvalue weighted by Gasteiger charge is 2.40. The van der Waals surface area contributed by atoms with Crippen LogP contribution in [0.4, 0.5) is 0 Å². The van der Waals surface area contributed by atoms with Gasteiger partial charge in [0.1, 0.15) is 0 Å². The van der Waals surface area contributed by atoms with Gasteiger partial charge in [-0.05, 0) is 54.7 Å². The summed E-state index contributed by atoms with van der Waals surface area (Å²) >= 11 is 6.08. The molecule has 1 N–H and O–H groups in total. The standard InChI is InChI=1S/C17H22ClNO2/c18-15-6-1-3-12(8-15)7-13-4-2-5-14-9-19(10-16(13)14)11-17(20)21/h1,3,6,8,13-14,16H,2,4-5,7,9-11H2,(H,20,21)/t13-,14-,16-/m1/s1. The van der Waals surface area contributed by atoms with Crippen molar-refractivity contribution < 1.29 is 9.90 Å². The molecule has 0 amide bonds. The lowest BCUT2D eigenvalue weighted by Crippen LogP contribution is -2.30. The zero-order chi connectivity index (χ0) is 14.8. The molecule has 114 valence electrons. The van der Waals surface area contributed by atoms with Crippen LogP contribution in [0.25, 0.3) is 0 Å². The van der Waals surface area contributed by atoms with Crippen LogP contribution in [0, 0.1) is 17.8 Å². The van der Waals surface area contributed by atoms with Crippen LogP contribution >= 0.6 is 11.6 Å². The van der Waals surface area contributed by atoms with Crippen molar-refractivity contribution in [1.82, 2.24) is 4.90 Å². The van der Waals surface area contributed by atoms with Crippen molar-refractivity contribution in [2.75, 3.05) is 19.6 Å². The Morgan fingerprint density at radius 3 is 2.95 bits per heavy atom. The highest BCUT2D eigenvalue weighted by atomic mass is 35.5. The first-order chi connectivity index (χ1) is 10.1. The van der Waals surface area contributed by atoms with Crippen molar-refractivity contribution in [2.24, 2.45) is 17.8 Å². The number of carbonyl (C=O) groups is 1. The predicted molar refractivity (Wildman–Crippen MR) is 83.6 cm³/mol. The molecule has 1 saturated heterocycles. The van der Waals surface area contributed by atoms with E-state index >= 15 is 0 Å². The Hall–Kier alpha value is -1.06. The van der Waals surface area contributed by atoms with Gasteiger partial charge in [-0.25, -0.2) is 0 Å². The van der Waals surface area contributed by atoms with Crippen LogP contribution < -0.4 is 0 Å². The highest BCUT2D eigenvalue weighted by molar-refractivity contribution is 6.30. The summed E-state index contributed by atoms with van der Waals surface area (Å²) in [4.78, 5) is 13.0. The summed E-state index contributed by atoms with van der Waals surface area (Å²) in [6.07, 6.45) is 4.86. The number of carboxylic acids is 1. The molecule has 2 aliphatic rings. The Morgan fingerprint density at radius 1 is 1.33 bits per heavy atom. The first-order valence-corrected chi connectivity index (χ1v) is 8.18. The maximum Gasteiger partial charge on any atom is 0.317 e. The van der Waals surface area contributed by atoms with E-state index in [4.69, 9.17) is 16.7 Å². The lowest BCUT2D eigenvalue weighted by atomic mass is 9.71. The summed E-state index contributed by atoms with van der Waals surface area (Å²) in [5, 5.41) is 9.79. The van der Waals surface area contributed by atoms with Gasteiger partial charge in [0.15, 0.2) is 0 Å². The summed E-state index contributed by atoms with van der Waals surface area (Å²) in [5.74, 6) is 1.29. The fourth-order valence-electron chi connectivity index (χ4n) is 4.22. The summed E-state index contributed by atoms with van der Waals surface area (Å²) in [5.41, 5.74) is 1.31. The molecule has 21 heavy (non-hydrogen) atoms. The number of carboxylic acid groups (broad SMARTS) is 1. The molecule has 1 heterocycles. The van der Waals surface area contributed by atoms with Gasteiger partial charge in [0, 0.05) is 18.1 Å². The number of hydrogen-bond acceptors (Lipinski definition) is 2. The molecule has 1 aliphatic heterocycles. The number of benzene rings is 1. The van der Waals surface area contributed by atoms with E-state index in [0.29, 0.717) is 17.8 Å². The van der Waals surface area contributed by atoms with Crippen LogP contribution in [0.1, 0.15) is 24.8 Å². The third kappa shape index (κ3) is 3.58. The molecule has 1 saturated carbocycles. The van der Waals surface area contributed by atoms with Crippen molar-refractivity contribution in [2.45, 2.75) is 25.7 Å². The average molecular weight is 308 g/mol.